The van der Waals surface area contributed by atoms with Crippen LogP contribution in [0.2, 0.25) is 5.15 Å². The first-order chi connectivity index (χ1) is 11.5. The van der Waals surface area contributed by atoms with Gasteiger partial charge in [0.2, 0.25) is 0 Å². The Morgan fingerprint density at radius 1 is 0.960 bits per heavy atom. The molecule has 0 aliphatic heterocycles. The summed E-state index contributed by atoms with van der Waals surface area (Å²) in [6.45, 7) is 8.90. The first-order valence-corrected chi connectivity index (χ1v) is 8.10. The number of hydrogen-bond donors (Lipinski definition) is 0. The third kappa shape index (κ3) is 2.78. The van der Waals surface area contributed by atoms with Crippen molar-refractivity contribution in [3.8, 4) is 5.69 Å². The van der Waals surface area contributed by atoms with Crippen LogP contribution in [0.3, 0.4) is 0 Å². The first kappa shape index (κ1) is 17.7. The molecule has 0 bridgehead atoms. The minimum absolute atomic E-state index is 0.351. The molecular formula is C18H17ClF3N3. The van der Waals surface area contributed by atoms with Crippen LogP contribution in [0.5, 0.6) is 0 Å². The molecule has 0 N–H and O–H groups in total. The van der Waals surface area contributed by atoms with Crippen molar-refractivity contribution < 1.29 is 13.2 Å². The van der Waals surface area contributed by atoms with Crippen LogP contribution in [-0.2, 0) is 6.18 Å². The van der Waals surface area contributed by atoms with Gasteiger partial charge in [-0.05, 0) is 63.4 Å². The molecule has 0 amide bonds. The van der Waals surface area contributed by atoms with Crippen molar-refractivity contribution in [2.45, 2.75) is 40.8 Å². The normalized spacial score (nSPS) is 12.2. The molecule has 0 spiro atoms. The molecule has 0 aliphatic carbocycles. The molecule has 0 unspecified atom stereocenters. The second-order valence-corrected chi connectivity index (χ2v) is 6.62. The molecule has 1 aromatic carbocycles. The molecular weight excluding hydrogens is 351 g/mol. The van der Waals surface area contributed by atoms with Gasteiger partial charge in [0.05, 0.1) is 16.6 Å². The number of fused-ring (bicyclic) bond motifs is 1. The molecule has 2 aromatic heterocycles. The molecule has 132 valence electrons. The lowest BCUT2D eigenvalue weighted by Crippen LogP contribution is -2.10. The summed E-state index contributed by atoms with van der Waals surface area (Å²) in [5.41, 5.74) is 3.50. The second-order valence-electron chi connectivity index (χ2n) is 6.26. The van der Waals surface area contributed by atoms with Gasteiger partial charge in [0.1, 0.15) is 16.6 Å². The Bertz CT molecular complexity index is 980. The summed E-state index contributed by atoms with van der Waals surface area (Å²) >= 11 is 6.29. The number of hydrogen-bond acceptors (Lipinski definition) is 2. The lowest BCUT2D eigenvalue weighted by molar-refractivity contribution is -0.137. The molecule has 3 aromatic rings. The van der Waals surface area contributed by atoms with E-state index in [4.69, 9.17) is 11.6 Å². The molecule has 0 fully saturated rings. The van der Waals surface area contributed by atoms with Crippen LogP contribution in [0.25, 0.3) is 16.7 Å². The average molecular weight is 368 g/mol. The van der Waals surface area contributed by atoms with Gasteiger partial charge < -0.3 is 0 Å². The van der Waals surface area contributed by atoms with Crippen molar-refractivity contribution in [1.82, 2.24) is 14.5 Å². The summed E-state index contributed by atoms with van der Waals surface area (Å²) in [6, 6.07) is 2.33. The third-order valence-corrected chi connectivity index (χ3v) is 4.74. The summed E-state index contributed by atoms with van der Waals surface area (Å²) in [4.78, 5) is 8.69. The van der Waals surface area contributed by atoms with E-state index in [-0.39, 0.29) is 0 Å². The van der Waals surface area contributed by atoms with E-state index in [1.165, 1.54) is 12.1 Å². The lowest BCUT2D eigenvalue weighted by atomic mass is 10.0. The fraction of sp³-hybridized carbons (Fsp3) is 0.333. The van der Waals surface area contributed by atoms with Crippen molar-refractivity contribution in [1.29, 1.82) is 0 Å². The maximum atomic E-state index is 13.1. The predicted molar refractivity (Wildman–Crippen MR) is 92.6 cm³/mol. The van der Waals surface area contributed by atoms with Crippen LogP contribution < -0.4 is 0 Å². The van der Waals surface area contributed by atoms with E-state index in [1.807, 2.05) is 18.4 Å². The molecule has 0 atom stereocenters. The highest BCUT2D eigenvalue weighted by Crippen LogP contribution is 2.37. The van der Waals surface area contributed by atoms with Gasteiger partial charge in [-0.25, -0.2) is 9.97 Å². The van der Waals surface area contributed by atoms with Gasteiger partial charge >= 0.3 is 6.18 Å². The van der Waals surface area contributed by atoms with Crippen LogP contribution in [0.1, 0.15) is 33.8 Å². The van der Waals surface area contributed by atoms with Crippen molar-refractivity contribution in [2.75, 3.05) is 0 Å². The number of alkyl halides is 3. The maximum absolute atomic E-state index is 13.1. The number of rotatable bonds is 1. The standard InChI is InChI=1S/C18H17ClF3N3/c1-8-6-13(18(20,21)22)7-9(2)15(8)25-11(4)10(3)14-16(19)23-12(5)24-17(14)25/h6-7H,1-5H3. The first-order valence-electron chi connectivity index (χ1n) is 7.73. The van der Waals surface area contributed by atoms with E-state index >= 15 is 0 Å². The predicted octanol–water partition coefficient (Wildman–Crippen LogP) is 5.63. The van der Waals surface area contributed by atoms with Gasteiger partial charge in [0, 0.05) is 5.69 Å². The molecule has 0 aliphatic rings. The van der Waals surface area contributed by atoms with Gasteiger partial charge in [-0.15, -0.1) is 0 Å². The van der Waals surface area contributed by atoms with E-state index < -0.39 is 11.7 Å². The van der Waals surface area contributed by atoms with E-state index in [0.29, 0.717) is 33.4 Å². The Hall–Kier alpha value is -2.08. The van der Waals surface area contributed by atoms with E-state index in [9.17, 15) is 13.2 Å². The van der Waals surface area contributed by atoms with E-state index in [2.05, 4.69) is 9.97 Å². The lowest BCUT2D eigenvalue weighted by Gasteiger charge is -2.17. The van der Waals surface area contributed by atoms with Crippen LogP contribution in [-0.4, -0.2) is 14.5 Å². The highest BCUT2D eigenvalue weighted by molar-refractivity contribution is 6.34. The zero-order valence-corrected chi connectivity index (χ0v) is 15.3. The highest BCUT2D eigenvalue weighted by atomic mass is 35.5. The summed E-state index contributed by atoms with van der Waals surface area (Å²) < 4.78 is 41.1. The molecule has 0 saturated carbocycles. The molecule has 25 heavy (non-hydrogen) atoms. The summed E-state index contributed by atoms with van der Waals surface area (Å²) in [7, 11) is 0. The van der Waals surface area contributed by atoms with Gasteiger partial charge in [-0.1, -0.05) is 11.6 Å². The van der Waals surface area contributed by atoms with Crippen LogP contribution in [0.15, 0.2) is 12.1 Å². The molecule has 2 heterocycles. The Morgan fingerprint density at radius 3 is 2.04 bits per heavy atom. The zero-order chi connectivity index (χ0) is 18.7. The number of benzene rings is 1. The van der Waals surface area contributed by atoms with Gasteiger partial charge in [-0.2, -0.15) is 13.2 Å². The number of nitrogens with zero attached hydrogens (tertiary/aromatic N) is 3. The Kier molecular flexibility index (Phi) is 4.06. The van der Waals surface area contributed by atoms with Crippen molar-refractivity contribution in [3.05, 3.63) is 51.1 Å². The second kappa shape index (κ2) is 5.73. The zero-order valence-electron chi connectivity index (χ0n) is 14.5. The van der Waals surface area contributed by atoms with Crippen LogP contribution >= 0.6 is 11.6 Å². The summed E-state index contributed by atoms with van der Waals surface area (Å²) in [5, 5.41) is 1.08. The van der Waals surface area contributed by atoms with E-state index in [1.54, 1.807) is 20.8 Å². The number of aromatic nitrogens is 3. The Labute approximate surface area is 148 Å². The summed E-state index contributed by atoms with van der Waals surface area (Å²) in [6.07, 6.45) is -4.38. The van der Waals surface area contributed by atoms with Crippen molar-refractivity contribution >= 4 is 22.6 Å². The molecule has 0 saturated heterocycles. The molecule has 7 heteroatoms. The quantitative estimate of drug-likeness (QED) is 0.521. The highest BCUT2D eigenvalue weighted by Gasteiger charge is 2.32. The van der Waals surface area contributed by atoms with Gasteiger partial charge in [-0.3, -0.25) is 4.57 Å². The maximum Gasteiger partial charge on any atom is 0.416 e. The topological polar surface area (TPSA) is 30.7 Å². The Morgan fingerprint density at radius 2 is 1.52 bits per heavy atom. The molecule has 3 nitrogen and oxygen atoms in total. The van der Waals surface area contributed by atoms with Crippen molar-refractivity contribution in [2.24, 2.45) is 0 Å². The summed E-state index contributed by atoms with van der Waals surface area (Å²) in [5.74, 6) is 0.512. The van der Waals surface area contributed by atoms with Gasteiger partial charge in [0.25, 0.3) is 0 Å². The largest absolute Gasteiger partial charge is 0.416 e. The minimum Gasteiger partial charge on any atom is -0.298 e. The van der Waals surface area contributed by atoms with Crippen LogP contribution in [0, 0.1) is 34.6 Å². The monoisotopic (exact) mass is 367 g/mol. The molecule has 3 rings (SSSR count). The number of halogens is 4. The van der Waals surface area contributed by atoms with Crippen molar-refractivity contribution in [3.63, 3.8) is 0 Å². The minimum atomic E-state index is -4.38. The van der Waals surface area contributed by atoms with Crippen LogP contribution in [0.4, 0.5) is 13.2 Å². The average Bonchev–Trinajstić information content (AvgIpc) is 2.70. The fourth-order valence-corrected chi connectivity index (χ4v) is 3.61. The Balaban J connectivity index is 2.40. The van der Waals surface area contributed by atoms with Gasteiger partial charge in [0.15, 0.2) is 0 Å². The smallest absolute Gasteiger partial charge is 0.298 e. The number of aryl methyl sites for hydroxylation is 4. The van der Waals surface area contributed by atoms with E-state index in [0.717, 1.165) is 16.6 Å². The SMILES string of the molecule is Cc1nc(Cl)c2c(C)c(C)n(-c3c(C)cc(C(F)(F)F)cc3C)c2n1. The molecule has 0 radical (unpaired) electrons. The fourth-order valence-electron chi connectivity index (χ4n) is 3.26. The third-order valence-electron chi connectivity index (χ3n) is 4.46.